The van der Waals surface area contributed by atoms with Crippen LogP contribution in [0, 0.1) is 5.92 Å². The Morgan fingerprint density at radius 3 is 2.36 bits per heavy atom. The molecule has 0 saturated carbocycles. The van der Waals surface area contributed by atoms with Crippen molar-refractivity contribution in [3.8, 4) is 0 Å². The van der Waals surface area contributed by atoms with Gasteiger partial charge in [-0.2, -0.15) is 13.2 Å². The van der Waals surface area contributed by atoms with Crippen molar-refractivity contribution in [2.24, 2.45) is 5.92 Å². The van der Waals surface area contributed by atoms with Gasteiger partial charge in [-0.3, -0.25) is 4.79 Å². The molecule has 3 nitrogen and oxygen atoms in total. The molecule has 0 fully saturated rings. The first-order valence-electron chi connectivity index (χ1n) is 7.48. The summed E-state index contributed by atoms with van der Waals surface area (Å²) in [5, 5.41) is 10.5. The quantitative estimate of drug-likeness (QED) is 0.713. The van der Waals surface area contributed by atoms with Crippen LogP contribution in [0.3, 0.4) is 0 Å². The molecular weight excluding hydrogens is 377 g/mol. The zero-order valence-electron chi connectivity index (χ0n) is 13.2. The number of carbonyl (C=O) groups excluding carboxylic acids is 1. The van der Waals surface area contributed by atoms with Crippen LogP contribution < -0.4 is 0 Å². The van der Waals surface area contributed by atoms with Crippen molar-refractivity contribution in [3.63, 3.8) is 0 Å². The number of ether oxygens (including phenoxy) is 1. The van der Waals surface area contributed by atoms with Gasteiger partial charge >= 0.3 is 12.1 Å². The number of alkyl halides is 3. The number of halogens is 4. The van der Waals surface area contributed by atoms with Crippen molar-refractivity contribution >= 4 is 28.9 Å². The Labute approximate surface area is 152 Å². The van der Waals surface area contributed by atoms with Crippen molar-refractivity contribution < 1.29 is 27.8 Å². The molecule has 2 aromatic rings. The van der Waals surface area contributed by atoms with Gasteiger partial charge in [0, 0.05) is 4.88 Å². The largest absolute Gasteiger partial charge is 0.466 e. The third kappa shape index (κ3) is 5.20. The van der Waals surface area contributed by atoms with E-state index in [0.717, 1.165) is 23.5 Å². The Kier molecular flexibility index (Phi) is 6.48. The van der Waals surface area contributed by atoms with Crippen molar-refractivity contribution in [2.45, 2.75) is 25.6 Å². The smallest absolute Gasteiger partial charge is 0.416 e. The Morgan fingerprint density at radius 1 is 1.24 bits per heavy atom. The van der Waals surface area contributed by atoms with Crippen molar-refractivity contribution in [3.05, 3.63) is 56.7 Å². The SMILES string of the molecule is CCOC(=O)C(Cc1ccc(C(F)(F)F)cc1)C(O)c1ccc(Cl)s1. The number of hydrogen-bond donors (Lipinski definition) is 1. The van der Waals surface area contributed by atoms with Crippen molar-refractivity contribution in [1.29, 1.82) is 0 Å². The first-order chi connectivity index (χ1) is 11.7. The van der Waals surface area contributed by atoms with E-state index in [1.807, 2.05) is 0 Å². The van der Waals surface area contributed by atoms with Gasteiger partial charge in [-0.1, -0.05) is 23.7 Å². The lowest BCUT2D eigenvalue weighted by molar-refractivity contribution is -0.152. The van der Waals surface area contributed by atoms with E-state index in [-0.39, 0.29) is 13.0 Å². The minimum atomic E-state index is -4.42. The number of carbonyl (C=O) groups is 1. The Balaban J connectivity index is 2.22. The van der Waals surface area contributed by atoms with E-state index in [9.17, 15) is 23.1 Å². The fourth-order valence-electron chi connectivity index (χ4n) is 2.34. The highest BCUT2D eigenvalue weighted by molar-refractivity contribution is 7.16. The van der Waals surface area contributed by atoms with E-state index in [4.69, 9.17) is 16.3 Å². The molecule has 2 rings (SSSR count). The summed E-state index contributed by atoms with van der Waals surface area (Å²) >= 11 is 6.99. The van der Waals surface area contributed by atoms with E-state index in [2.05, 4.69) is 0 Å². The van der Waals surface area contributed by atoms with Crippen LogP contribution in [0.25, 0.3) is 0 Å². The fourth-order valence-corrected chi connectivity index (χ4v) is 3.46. The molecule has 0 aliphatic rings. The van der Waals surface area contributed by atoms with E-state index < -0.39 is 29.7 Å². The van der Waals surface area contributed by atoms with Crippen LogP contribution in [0.5, 0.6) is 0 Å². The molecule has 1 aromatic heterocycles. The zero-order valence-corrected chi connectivity index (χ0v) is 14.8. The zero-order chi connectivity index (χ0) is 18.6. The summed E-state index contributed by atoms with van der Waals surface area (Å²) < 4.78 is 43.4. The lowest BCUT2D eigenvalue weighted by Crippen LogP contribution is -2.26. The van der Waals surface area contributed by atoms with Gasteiger partial charge in [0.15, 0.2) is 0 Å². The molecule has 0 radical (unpaired) electrons. The van der Waals surface area contributed by atoms with E-state index >= 15 is 0 Å². The normalized spacial score (nSPS) is 14.2. The second-order valence-corrected chi connectivity index (χ2v) is 7.09. The van der Waals surface area contributed by atoms with E-state index in [1.165, 1.54) is 12.1 Å². The van der Waals surface area contributed by atoms with Crippen LogP contribution in [0.1, 0.15) is 29.0 Å². The summed E-state index contributed by atoms with van der Waals surface area (Å²) in [6.07, 6.45) is -5.53. The molecule has 8 heteroatoms. The lowest BCUT2D eigenvalue weighted by Gasteiger charge is -2.21. The van der Waals surface area contributed by atoms with Crippen LogP contribution in [0.15, 0.2) is 36.4 Å². The van der Waals surface area contributed by atoms with Crippen LogP contribution in [-0.2, 0) is 22.1 Å². The first kappa shape index (κ1) is 19.8. The van der Waals surface area contributed by atoms with Gasteiger partial charge in [-0.15, -0.1) is 11.3 Å². The minimum Gasteiger partial charge on any atom is -0.466 e. The summed E-state index contributed by atoms with van der Waals surface area (Å²) in [6.45, 7) is 1.78. The summed E-state index contributed by atoms with van der Waals surface area (Å²) in [5.41, 5.74) is -0.276. The van der Waals surface area contributed by atoms with Crippen LogP contribution >= 0.6 is 22.9 Å². The van der Waals surface area contributed by atoms with Crippen LogP contribution in [0.4, 0.5) is 13.2 Å². The molecule has 0 aliphatic heterocycles. The lowest BCUT2D eigenvalue weighted by atomic mass is 9.92. The van der Waals surface area contributed by atoms with Gasteiger partial charge in [-0.25, -0.2) is 0 Å². The van der Waals surface area contributed by atoms with Crippen LogP contribution in [-0.4, -0.2) is 17.7 Å². The number of thiophene rings is 1. The minimum absolute atomic E-state index is 0.0493. The number of aliphatic hydroxyl groups is 1. The number of aliphatic hydroxyl groups excluding tert-OH is 1. The molecule has 136 valence electrons. The van der Waals surface area contributed by atoms with E-state index in [1.54, 1.807) is 19.1 Å². The Morgan fingerprint density at radius 2 is 1.88 bits per heavy atom. The molecule has 1 aromatic carbocycles. The molecule has 2 unspecified atom stereocenters. The second kappa shape index (κ2) is 8.21. The predicted molar refractivity (Wildman–Crippen MR) is 89.6 cm³/mol. The predicted octanol–water partition coefficient (Wildman–Crippen LogP) is 4.88. The van der Waals surface area contributed by atoms with Gasteiger partial charge in [0.25, 0.3) is 0 Å². The Hall–Kier alpha value is -1.57. The number of rotatable bonds is 6. The summed E-state index contributed by atoms with van der Waals surface area (Å²) in [6, 6.07) is 7.70. The molecule has 0 bridgehead atoms. The monoisotopic (exact) mass is 392 g/mol. The van der Waals surface area contributed by atoms with Gasteiger partial charge < -0.3 is 9.84 Å². The summed E-state index contributed by atoms with van der Waals surface area (Å²) in [7, 11) is 0. The van der Waals surface area contributed by atoms with Gasteiger partial charge in [-0.05, 0) is 43.2 Å². The summed E-state index contributed by atoms with van der Waals surface area (Å²) in [5.74, 6) is -1.55. The molecule has 0 saturated heterocycles. The average Bonchev–Trinajstić information content (AvgIpc) is 2.98. The molecule has 0 aliphatic carbocycles. The third-order valence-corrected chi connectivity index (χ3v) is 4.89. The summed E-state index contributed by atoms with van der Waals surface area (Å²) in [4.78, 5) is 12.7. The molecule has 0 amide bonds. The number of hydrogen-bond acceptors (Lipinski definition) is 4. The van der Waals surface area contributed by atoms with Gasteiger partial charge in [0.2, 0.25) is 0 Å². The first-order valence-corrected chi connectivity index (χ1v) is 8.68. The topological polar surface area (TPSA) is 46.5 Å². The highest BCUT2D eigenvalue weighted by atomic mass is 35.5. The van der Waals surface area contributed by atoms with Gasteiger partial charge in [0.1, 0.15) is 6.10 Å². The molecule has 1 N–H and O–H groups in total. The maximum atomic E-state index is 12.6. The van der Waals surface area contributed by atoms with Crippen molar-refractivity contribution in [1.82, 2.24) is 0 Å². The number of esters is 1. The molecule has 1 heterocycles. The average molecular weight is 393 g/mol. The second-order valence-electron chi connectivity index (χ2n) is 5.34. The molecular formula is C17H16ClF3O3S. The third-order valence-electron chi connectivity index (χ3n) is 3.59. The van der Waals surface area contributed by atoms with E-state index in [0.29, 0.717) is 14.8 Å². The number of benzene rings is 1. The van der Waals surface area contributed by atoms with Crippen molar-refractivity contribution in [2.75, 3.05) is 6.61 Å². The van der Waals surface area contributed by atoms with Crippen LogP contribution in [0.2, 0.25) is 4.34 Å². The standard InChI is InChI=1S/C17H16ClF3O3S/c1-2-24-16(23)12(15(22)13-7-8-14(18)25-13)9-10-3-5-11(6-4-10)17(19,20)21/h3-8,12,15,22H,2,9H2,1H3. The van der Waals surface area contributed by atoms with Gasteiger partial charge in [0.05, 0.1) is 22.4 Å². The maximum Gasteiger partial charge on any atom is 0.416 e. The highest BCUT2D eigenvalue weighted by Gasteiger charge is 2.32. The fraction of sp³-hybridized carbons (Fsp3) is 0.353. The highest BCUT2D eigenvalue weighted by Crippen LogP contribution is 2.34. The maximum absolute atomic E-state index is 12.6. The molecule has 25 heavy (non-hydrogen) atoms. The Bertz CT molecular complexity index is 713. The molecule has 0 spiro atoms. The molecule has 2 atom stereocenters.